The lowest BCUT2D eigenvalue weighted by molar-refractivity contribution is -0.119. The Kier molecular flexibility index (Phi) is 5.76. The highest BCUT2D eigenvalue weighted by Crippen LogP contribution is 2.33. The molecule has 3 rings (SSSR count). The van der Waals surface area contributed by atoms with Crippen LogP contribution in [0, 0.1) is 12.7 Å². The van der Waals surface area contributed by atoms with E-state index in [0.29, 0.717) is 25.9 Å². The van der Waals surface area contributed by atoms with Crippen LogP contribution in [-0.4, -0.2) is 47.5 Å². The largest absolute Gasteiger partial charge is 0.369 e. The molecule has 0 radical (unpaired) electrons. The van der Waals surface area contributed by atoms with Gasteiger partial charge in [-0.25, -0.2) is 4.39 Å². The van der Waals surface area contributed by atoms with Gasteiger partial charge in [0.05, 0.1) is 17.1 Å². The highest BCUT2D eigenvalue weighted by atomic mass is 35.5. The van der Waals surface area contributed by atoms with Crippen molar-refractivity contribution in [1.29, 1.82) is 0 Å². The summed E-state index contributed by atoms with van der Waals surface area (Å²) >= 11 is 6.10. The minimum absolute atomic E-state index is 0.0393. The molecule has 1 saturated heterocycles. The number of carbonyl (C=O) groups is 2. The fourth-order valence-electron chi connectivity index (χ4n) is 3.25. The van der Waals surface area contributed by atoms with Gasteiger partial charge in [0.1, 0.15) is 22.8 Å². The van der Waals surface area contributed by atoms with Crippen molar-refractivity contribution in [2.24, 2.45) is 5.73 Å². The van der Waals surface area contributed by atoms with E-state index in [4.69, 9.17) is 21.9 Å². The number of nitrogens with zero attached hydrogens (tertiary/aromatic N) is 2. The number of amides is 2. The second-order valence-electron chi connectivity index (χ2n) is 6.55. The number of piperidine rings is 1. The van der Waals surface area contributed by atoms with Gasteiger partial charge < -0.3 is 15.6 Å². The maximum Gasteiger partial charge on any atom is 0.257 e. The summed E-state index contributed by atoms with van der Waals surface area (Å²) in [4.78, 5) is 25.8. The van der Waals surface area contributed by atoms with E-state index in [1.165, 1.54) is 18.2 Å². The zero-order chi connectivity index (χ0) is 19.6. The van der Waals surface area contributed by atoms with Crippen LogP contribution in [0.5, 0.6) is 0 Å². The first kappa shape index (κ1) is 19.3. The molecular weight excluding hydrogens is 375 g/mol. The Balaban J connectivity index is 1.75. The number of hydrogen-bond acceptors (Lipinski definition) is 5. The molecule has 27 heavy (non-hydrogen) atoms. The van der Waals surface area contributed by atoms with Gasteiger partial charge in [0.2, 0.25) is 5.91 Å². The average molecular weight is 395 g/mol. The van der Waals surface area contributed by atoms with Crippen LogP contribution in [0.15, 0.2) is 22.7 Å². The number of aryl methyl sites for hydroxylation is 1. The molecule has 0 unspecified atom stereocenters. The summed E-state index contributed by atoms with van der Waals surface area (Å²) in [6, 6.07) is 4.19. The summed E-state index contributed by atoms with van der Waals surface area (Å²) < 4.78 is 19.4. The van der Waals surface area contributed by atoms with Gasteiger partial charge in [-0.15, -0.1) is 0 Å². The molecular formula is C18H20ClFN4O3. The van der Waals surface area contributed by atoms with Crippen LogP contribution >= 0.6 is 11.6 Å². The SMILES string of the molecule is Cc1onc(-c2c(F)cccc2Cl)c1C(=O)NC1CCN(CC(N)=O)CC1. The van der Waals surface area contributed by atoms with E-state index in [1.54, 1.807) is 6.92 Å². The van der Waals surface area contributed by atoms with E-state index in [1.807, 2.05) is 4.90 Å². The van der Waals surface area contributed by atoms with Gasteiger partial charge in [-0.2, -0.15) is 0 Å². The van der Waals surface area contributed by atoms with E-state index < -0.39 is 11.7 Å². The second-order valence-corrected chi connectivity index (χ2v) is 6.96. The standard InChI is InChI=1S/C18H20ClFN4O3/c1-10-15(17(23-27-10)16-12(19)3-2-4-13(16)20)18(26)22-11-5-7-24(8-6-11)9-14(21)25/h2-4,11H,5-9H2,1H3,(H2,21,25)(H,22,26). The van der Waals surface area contributed by atoms with Crippen LogP contribution in [0.1, 0.15) is 29.0 Å². The third-order valence-electron chi connectivity index (χ3n) is 4.59. The van der Waals surface area contributed by atoms with E-state index in [-0.39, 0.29) is 46.1 Å². The molecule has 2 aromatic rings. The summed E-state index contributed by atoms with van der Waals surface area (Å²) in [5, 5.41) is 6.93. The number of likely N-dealkylation sites (tertiary alicyclic amines) is 1. The Bertz CT molecular complexity index is 842. The minimum atomic E-state index is -0.579. The van der Waals surface area contributed by atoms with Crippen LogP contribution in [0.2, 0.25) is 5.02 Å². The Hall–Kier alpha value is -2.45. The first-order chi connectivity index (χ1) is 12.9. The van der Waals surface area contributed by atoms with E-state index in [2.05, 4.69) is 10.5 Å². The first-order valence-corrected chi connectivity index (χ1v) is 8.96. The topological polar surface area (TPSA) is 101 Å². The monoisotopic (exact) mass is 394 g/mol. The molecule has 9 heteroatoms. The predicted octanol–water partition coefficient (Wildman–Crippen LogP) is 2.12. The second kappa shape index (κ2) is 8.06. The average Bonchev–Trinajstić information content (AvgIpc) is 2.97. The molecule has 2 amide bonds. The molecule has 2 heterocycles. The third-order valence-corrected chi connectivity index (χ3v) is 4.91. The van der Waals surface area contributed by atoms with Gasteiger partial charge in [-0.05, 0) is 31.9 Å². The smallest absolute Gasteiger partial charge is 0.257 e. The summed E-state index contributed by atoms with van der Waals surface area (Å²) in [5.41, 5.74) is 5.50. The molecule has 0 saturated carbocycles. The quantitative estimate of drug-likeness (QED) is 0.808. The van der Waals surface area contributed by atoms with Gasteiger partial charge in [-0.3, -0.25) is 14.5 Å². The third kappa shape index (κ3) is 4.28. The number of nitrogens with two attached hydrogens (primary N) is 1. The van der Waals surface area contributed by atoms with Crippen molar-refractivity contribution < 1.29 is 18.5 Å². The van der Waals surface area contributed by atoms with Crippen LogP contribution in [0.4, 0.5) is 4.39 Å². The van der Waals surface area contributed by atoms with Crippen molar-refractivity contribution in [3.05, 3.63) is 40.4 Å². The maximum atomic E-state index is 14.3. The molecule has 1 aliphatic heterocycles. The predicted molar refractivity (Wildman–Crippen MR) is 97.8 cm³/mol. The lowest BCUT2D eigenvalue weighted by Gasteiger charge is -2.31. The van der Waals surface area contributed by atoms with E-state index in [9.17, 15) is 14.0 Å². The molecule has 1 fully saturated rings. The zero-order valence-electron chi connectivity index (χ0n) is 14.8. The van der Waals surface area contributed by atoms with Gasteiger partial charge in [0, 0.05) is 19.1 Å². The summed E-state index contributed by atoms with van der Waals surface area (Å²) in [6.45, 7) is 3.11. The summed E-state index contributed by atoms with van der Waals surface area (Å²) in [5.74, 6) is -1.06. The maximum absolute atomic E-state index is 14.3. The van der Waals surface area contributed by atoms with Crippen LogP contribution in [0.3, 0.4) is 0 Å². The molecule has 1 aromatic carbocycles. The summed E-state index contributed by atoms with van der Waals surface area (Å²) in [7, 11) is 0. The normalized spacial score (nSPS) is 15.7. The van der Waals surface area contributed by atoms with Crippen molar-refractivity contribution in [3.8, 4) is 11.3 Å². The van der Waals surface area contributed by atoms with Crippen LogP contribution in [0.25, 0.3) is 11.3 Å². The van der Waals surface area contributed by atoms with Crippen LogP contribution in [-0.2, 0) is 4.79 Å². The molecule has 144 valence electrons. The van der Waals surface area contributed by atoms with E-state index in [0.717, 1.165) is 0 Å². The first-order valence-electron chi connectivity index (χ1n) is 8.59. The highest BCUT2D eigenvalue weighted by molar-refractivity contribution is 6.33. The molecule has 3 N–H and O–H groups in total. The number of carbonyl (C=O) groups excluding carboxylic acids is 2. The molecule has 1 aromatic heterocycles. The van der Waals surface area contributed by atoms with Crippen molar-refractivity contribution in [2.75, 3.05) is 19.6 Å². The molecule has 0 aliphatic carbocycles. The molecule has 0 atom stereocenters. The number of rotatable bonds is 5. The number of halogens is 2. The van der Waals surface area contributed by atoms with Crippen molar-refractivity contribution >= 4 is 23.4 Å². The Morgan fingerprint density at radius 3 is 2.74 bits per heavy atom. The van der Waals surface area contributed by atoms with Crippen LogP contribution < -0.4 is 11.1 Å². The van der Waals surface area contributed by atoms with Crippen molar-refractivity contribution in [1.82, 2.24) is 15.4 Å². The molecule has 0 spiro atoms. The van der Waals surface area contributed by atoms with Crippen molar-refractivity contribution in [2.45, 2.75) is 25.8 Å². The Labute approximate surface area is 160 Å². The van der Waals surface area contributed by atoms with E-state index >= 15 is 0 Å². The minimum Gasteiger partial charge on any atom is -0.369 e. The van der Waals surface area contributed by atoms with Gasteiger partial charge in [0.25, 0.3) is 5.91 Å². The number of aromatic nitrogens is 1. The highest BCUT2D eigenvalue weighted by Gasteiger charge is 2.28. The lowest BCUT2D eigenvalue weighted by atomic mass is 10.0. The molecule has 0 bridgehead atoms. The fraction of sp³-hybridized carbons (Fsp3) is 0.389. The number of primary amides is 1. The van der Waals surface area contributed by atoms with Gasteiger partial charge in [-0.1, -0.05) is 22.8 Å². The van der Waals surface area contributed by atoms with Crippen molar-refractivity contribution in [3.63, 3.8) is 0 Å². The lowest BCUT2D eigenvalue weighted by Crippen LogP contribution is -2.46. The summed E-state index contributed by atoms with van der Waals surface area (Å²) in [6.07, 6.45) is 1.36. The van der Waals surface area contributed by atoms with Gasteiger partial charge in [0.15, 0.2) is 0 Å². The Morgan fingerprint density at radius 1 is 1.41 bits per heavy atom. The number of benzene rings is 1. The number of nitrogens with one attached hydrogen (secondary N) is 1. The zero-order valence-corrected chi connectivity index (χ0v) is 15.6. The fourth-order valence-corrected chi connectivity index (χ4v) is 3.50. The number of hydrogen-bond donors (Lipinski definition) is 2. The molecule has 1 aliphatic rings. The molecule has 7 nitrogen and oxygen atoms in total. The Morgan fingerprint density at radius 2 is 2.11 bits per heavy atom. The van der Waals surface area contributed by atoms with Gasteiger partial charge >= 0.3 is 0 Å².